The second-order valence-electron chi connectivity index (χ2n) is 5.07. The minimum atomic E-state index is -0.920. The van der Waals surface area contributed by atoms with Crippen LogP contribution in [0.3, 0.4) is 0 Å². The van der Waals surface area contributed by atoms with Crippen LogP contribution in [-0.2, 0) is 9.59 Å². The zero-order valence-electron chi connectivity index (χ0n) is 13.7. The van der Waals surface area contributed by atoms with Gasteiger partial charge in [-0.2, -0.15) is 0 Å². The summed E-state index contributed by atoms with van der Waals surface area (Å²) in [5.74, 6) is -1.84. The maximum absolute atomic E-state index is 9.92. The summed E-state index contributed by atoms with van der Waals surface area (Å²) < 4.78 is 0. The summed E-state index contributed by atoms with van der Waals surface area (Å²) in [5, 5.41) is 19.8. The Bertz CT molecular complexity index is 208. The van der Waals surface area contributed by atoms with Crippen LogP contribution in [0.25, 0.3) is 0 Å². The van der Waals surface area contributed by atoms with Gasteiger partial charge in [0.1, 0.15) is 0 Å². The maximum atomic E-state index is 9.92. The molecule has 0 unspecified atom stereocenters. The van der Waals surface area contributed by atoms with Crippen molar-refractivity contribution in [2.24, 2.45) is 0 Å². The van der Waals surface area contributed by atoms with Crippen LogP contribution in [0.2, 0.25) is 0 Å². The predicted molar refractivity (Wildman–Crippen MR) is 82.5 cm³/mol. The maximum Gasteiger partial charge on any atom is 3.00 e. The van der Waals surface area contributed by atoms with E-state index >= 15 is 0 Å². The van der Waals surface area contributed by atoms with E-state index in [1.807, 2.05) is 0 Å². The van der Waals surface area contributed by atoms with Crippen LogP contribution < -0.4 is 10.2 Å². The Balaban J connectivity index is -0.000000295. The van der Waals surface area contributed by atoms with E-state index < -0.39 is 11.9 Å². The van der Waals surface area contributed by atoms with Crippen LogP contribution in [0.5, 0.6) is 0 Å². The molecule has 0 aliphatic carbocycles. The topological polar surface area (TPSA) is 80.3 Å². The summed E-state index contributed by atoms with van der Waals surface area (Å²) in [6, 6.07) is 0. The Hall–Kier alpha value is -0.528. The largest absolute Gasteiger partial charge is 3.00 e. The van der Waals surface area contributed by atoms with Gasteiger partial charge in [0.2, 0.25) is 0 Å². The first-order valence-corrected chi connectivity index (χ1v) is 7.94. The van der Waals surface area contributed by atoms with Gasteiger partial charge in [0.15, 0.2) is 0 Å². The summed E-state index contributed by atoms with van der Waals surface area (Å²) in [6.45, 7) is 4.28. The molecule has 0 bridgehead atoms. The Morgan fingerprint density at radius 2 is 0.905 bits per heavy atom. The fraction of sp³-hybridized carbons (Fsp3) is 0.875. The average Bonchev–Trinajstić information content (AvgIpc) is 2.38. The molecule has 0 fully saturated rings. The number of carbonyl (C=O) groups is 2. The molecule has 120 valence electrons. The average molecular weight is 313 g/mol. The van der Waals surface area contributed by atoms with E-state index in [2.05, 4.69) is 13.8 Å². The molecule has 21 heavy (non-hydrogen) atoms. The minimum Gasteiger partial charge on any atom is -0.550 e. The number of rotatable bonds is 12. The molecule has 0 aromatic carbocycles. The van der Waals surface area contributed by atoms with E-state index in [0.717, 1.165) is 38.5 Å². The van der Waals surface area contributed by atoms with Gasteiger partial charge in [0.05, 0.1) is 0 Å². The third-order valence-corrected chi connectivity index (χ3v) is 2.97. The molecule has 0 atom stereocenters. The molecule has 0 saturated heterocycles. The molecule has 0 rings (SSSR count). The SMILES string of the molecule is CCCCCCCC(=O)[O-].CCCCCCCC(=O)[O-].[Al+3]. The van der Waals surface area contributed by atoms with Gasteiger partial charge in [-0.25, -0.2) is 0 Å². The molecule has 0 N–H and O–H groups in total. The quantitative estimate of drug-likeness (QED) is 0.406. The number of unbranched alkanes of at least 4 members (excludes halogenated alkanes) is 8. The van der Waals surface area contributed by atoms with Crippen molar-refractivity contribution in [2.45, 2.75) is 90.9 Å². The zero-order chi connectivity index (χ0) is 15.6. The molecule has 0 saturated carbocycles. The van der Waals surface area contributed by atoms with Gasteiger partial charge >= 0.3 is 17.4 Å². The first kappa shape index (κ1) is 25.4. The Morgan fingerprint density at radius 3 is 1.14 bits per heavy atom. The van der Waals surface area contributed by atoms with Gasteiger partial charge in [-0.05, 0) is 25.7 Å². The summed E-state index contributed by atoms with van der Waals surface area (Å²) >= 11 is 0. The van der Waals surface area contributed by atoms with Crippen LogP contribution in [0.4, 0.5) is 0 Å². The molecule has 0 heterocycles. The van der Waals surface area contributed by atoms with E-state index in [9.17, 15) is 19.8 Å². The normalized spacial score (nSPS) is 9.24. The fourth-order valence-electron chi connectivity index (χ4n) is 1.75. The van der Waals surface area contributed by atoms with E-state index in [0.29, 0.717) is 0 Å². The first-order valence-electron chi connectivity index (χ1n) is 7.94. The molecule has 5 heteroatoms. The summed E-state index contributed by atoms with van der Waals surface area (Å²) in [6.07, 6.45) is 11.2. The Kier molecular flexibility index (Phi) is 26.4. The van der Waals surface area contributed by atoms with E-state index in [1.54, 1.807) is 0 Å². The molecular weight excluding hydrogens is 283 g/mol. The van der Waals surface area contributed by atoms with Gasteiger partial charge in [0, 0.05) is 11.9 Å². The molecule has 0 aliphatic heterocycles. The second kappa shape index (κ2) is 21.8. The van der Waals surface area contributed by atoms with Crippen LogP contribution in [0.15, 0.2) is 0 Å². The third kappa shape index (κ3) is 32.8. The standard InChI is InChI=1S/2C8H16O2.Al/c2*1-2-3-4-5-6-7-8(9)10;/h2*2-7H2,1H3,(H,9,10);/q;;+3/p-2. The molecule has 0 radical (unpaired) electrons. The zero-order valence-corrected chi connectivity index (χ0v) is 14.9. The molecule has 0 spiro atoms. The molecule has 0 aromatic rings. The van der Waals surface area contributed by atoms with Crippen LogP contribution in [0, 0.1) is 0 Å². The number of hydrogen-bond acceptors (Lipinski definition) is 4. The molecule has 0 aromatic heterocycles. The van der Waals surface area contributed by atoms with Gasteiger partial charge in [-0.15, -0.1) is 0 Å². The summed E-state index contributed by atoms with van der Waals surface area (Å²) in [7, 11) is 0. The van der Waals surface area contributed by atoms with E-state index in [1.165, 1.54) is 25.7 Å². The van der Waals surface area contributed by atoms with Crippen molar-refractivity contribution in [3.05, 3.63) is 0 Å². The molecule has 4 nitrogen and oxygen atoms in total. The number of aliphatic carboxylic acids is 2. The van der Waals surface area contributed by atoms with Crippen LogP contribution >= 0.6 is 0 Å². The molecule has 0 amide bonds. The van der Waals surface area contributed by atoms with Crippen molar-refractivity contribution in [3.63, 3.8) is 0 Å². The van der Waals surface area contributed by atoms with Crippen molar-refractivity contribution >= 4 is 29.3 Å². The number of carboxylic acid groups (broad SMARTS) is 2. The van der Waals surface area contributed by atoms with Crippen LogP contribution in [-0.4, -0.2) is 29.3 Å². The predicted octanol–water partition coefficient (Wildman–Crippen LogP) is 1.81. The van der Waals surface area contributed by atoms with Gasteiger partial charge in [-0.1, -0.05) is 65.2 Å². The second-order valence-corrected chi connectivity index (χ2v) is 5.07. The van der Waals surface area contributed by atoms with Gasteiger partial charge < -0.3 is 19.8 Å². The van der Waals surface area contributed by atoms with Gasteiger partial charge in [0.25, 0.3) is 0 Å². The third-order valence-electron chi connectivity index (χ3n) is 2.97. The summed E-state index contributed by atoms with van der Waals surface area (Å²) in [4.78, 5) is 19.8. The van der Waals surface area contributed by atoms with Crippen molar-refractivity contribution in [1.82, 2.24) is 0 Å². The van der Waals surface area contributed by atoms with Crippen molar-refractivity contribution < 1.29 is 19.8 Å². The molecular formula is C16H30AlO4+. The Labute approximate surface area is 140 Å². The van der Waals surface area contributed by atoms with Crippen molar-refractivity contribution in [3.8, 4) is 0 Å². The number of carboxylic acids is 2. The number of carbonyl (C=O) groups excluding carboxylic acids is 2. The van der Waals surface area contributed by atoms with Crippen molar-refractivity contribution in [2.75, 3.05) is 0 Å². The fourth-order valence-corrected chi connectivity index (χ4v) is 1.75. The smallest absolute Gasteiger partial charge is 0.550 e. The number of hydrogen-bond donors (Lipinski definition) is 0. The summed E-state index contributed by atoms with van der Waals surface area (Å²) in [5.41, 5.74) is 0. The van der Waals surface area contributed by atoms with E-state index in [-0.39, 0.29) is 30.2 Å². The first-order chi connectivity index (χ1) is 9.54. The molecule has 0 aliphatic rings. The van der Waals surface area contributed by atoms with Gasteiger partial charge in [-0.3, -0.25) is 0 Å². The Morgan fingerprint density at radius 1 is 0.619 bits per heavy atom. The van der Waals surface area contributed by atoms with Crippen LogP contribution in [0.1, 0.15) is 90.9 Å². The minimum absolute atomic E-state index is 0. The monoisotopic (exact) mass is 313 g/mol. The van der Waals surface area contributed by atoms with Crippen molar-refractivity contribution in [1.29, 1.82) is 0 Å². The van der Waals surface area contributed by atoms with E-state index in [4.69, 9.17) is 0 Å².